The predicted octanol–water partition coefficient (Wildman–Crippen LogP) is 2.07. The largest absolute Gasteiger partial charge is 0.494 e. The number of methoxy groups -OCH3 is 1. The SMILES string of the molecule is CCC(CNC(=O)Nc1ccc(F)c(OC)c1)C(=O)O. The molecule has 0 aliphatic heterocycles. The van der Waals surface area contributed by atoms with Crippen molar-refractivity contribution in [2.24, 2.45) is 5.92 Å². The fourth-order valence-corrected chi connectivity index (χ4v) is 1.53. The second kappa shape index (κ2) is 7.32. The lowest BCUT2D eigenvalue weighted by molar-refractivity contribution is -0.141. The molecule has 110 valence electrons. The van der Waals surface area contributed by atoms with Crippen LogP contribution in [0.3, 0.4) is 0 Å². The number of ether oxygens (including phenoxy) is 1. The molecule has 0 spiro atoms. The van der Waals surface area contributed by atoms with Crippen molar-refractivity contribution >= 4 is 17.7 Å². The molecular weight excluding hydrogens is 267 g/mol. The van der Waals surface area contributed by atoms with Gasteiger partial charge in [-0.25, -0.2) is 9.18 Å². The van der Waals surface area contributed by atoms with Gasteiger partial charge in [0.1, 0.15) is 0 Å². The molecule has 0 radical (unpaired) electrons. The molecule has 0 aromatic heterocycles. The van der Waals surface area contributed by atoms with E-state index in [9.17, 15) is 14.0 Å². The van der Waals surface area contributed by atoms with Crippen LogP contribution < -0.4 is 15.4 Å². The molecule has 0 bridgehead atoms. The summed E-state index contributed by atoms with van der Waals surface area (Å²) in [4.78, 5) is 22.4. The molecule has 1 aromatic carbocycles. The molecule has 7 heteroatoms. The third-order valence-corrected chi connectivity index (χ3v) is 2.76. The van der Waals surface area contributed by atoms with Crippen molar-refractivity contribution in [3.05, 3.63) is 24.0 Å². The fourth-order valence-electron chi connectivity index (χ4n) is 1.53. The van der Waals surface area contributed by atoms with Crippen LogP contribution in [0.4, 0.5) is 14.9 Å². The molecule has 0 fully saturated rings. The molecule has 0 aliphatic rings. The normalized spacial score (nSPS) is 11.6. The van der Waals surface area contributed by atoms with Gasteiger partial charge in [0.2, 0.25) is 0 Å². The topological polar surface area (TPSA) is 87.7 Å². The van der Waals surface area contributed by atoms with Gasteiger partial charge in [0.25, 0.3) is 0 Å². The number of hydrogen-bond donors (Lipinski definition) is 3. The van der Waals surface area contributed by atoms with Gasteiger partial charge in [-0.3, -0.25) is 4.79 Å². The van der Waals surface area contributed by atoms with Gasteiger partial charge in [0, 0.05) is 18.3 Å². The molecule has 6 nitrogen and oxygen atoms in total. The molecule has 2 amide bonds. The predicted molar refractivity (Wildman–Crippen MR) is 71.4 cm³/mol. The van der Waals surface area contributed by atoms with E-state index in [1.54, 1.807) is 6.92 Å². The van der Waals surface area contributed by atoms with Crippen molar-refractivity contribution in [1.29, 1.82) is 0 Å². The van der Waals surface area contributed by atoms with Gasteiger partial charge in [-0.15, -0.1) is 0 Å². The Morgan fingerprint density at radius 1 is 1.45 bits per heavy atom. The summed E-state index contributed by atoms with van der Waals surface area (Å²) in [6.07, 6.45) is 0.417. The summed E-state index contributed by atoms with van der Waals surface area (Å²) in [5, 5.41) is 13.8. The van der Waals surface area contributed by atoms with Crippen molar-refractivity contribution in [2.45, 2.75) is 13.3 Å². The fraction of sp³-hybridized carbons (Fsp3) is 0.385. The standard InChI is InChI=1S/C13H17FN2O4/c1-3-8(12(17)18)7-15-13(19)16-9-4-5-10(14)11(6-9)20-2/h4-6,8H,3,7H2,1-2H3,(H,17,18)(H2,15,16,19). The summed E-state index contributed by atoms with van der Waals surface area (Å²) in [5.74, 6) is -2.12. The lowest BCUT2D eigenvalue weighted by Gasteiger charge is -2.12. The van der Waals surface area contributed by atoms with Crippen LogP contribution in [0.25, 0.3) is 0 Å². The van der Waals surface area contributed by atoms with Crippen molar-refractivity contribution in [1.82, 2.24) is 5.32 Å². The minimum atomic E-state index is -0.962. The summed E-state index contributed by atoms with van der Waals surface area (Å²) in [6.45, 7) is 1.75. The van der Waals surface area contributed by atoms with E-state index in [4.69, 9.17) is 9.84 Å². The summed E-state index contributed by atoms with van der Waals surface area (Å²) < 4.78 is 18.0. The van der Waals surface area contributed by atoms with Crippen LogP contribution in [0.5, 0.6) is 5.75 Å². The first-order chi connectivity index (χ1) is 9.47. The van der Waals surface area contributed by atoms with E-state index in [2.05, 4.69) is 10.6 Å². The van der Waals surface area contributed by atoms with E-state index in [-0.39, 0.29) is 12.3 Å². The number of nitrogens with one attached hydrogen (secondary N) is 2. The van der Waals surface area contributed by atoms with E-state index in [0.717, 1.165) is 0 Å². The van der Waals surface area contributed by atoms with Crippen LogP contribution >= 0.6 is 0 Å². The molecule has 1 aromatic rings. The summed E-state index contributed by atoms with van der Waals surface area (Å²) in [5.41, 5.74) is 0.351. The number of rotatable bonds is 6. The number of carboxylic acids is 1. The minimum absolute atomic E-state index is 0.0137. The van der Waals surface area contributed by atoms with E-state index in [0.29, 0.717) is 12.1 Å². The van der Waals surface area contributed by atoms with Crippen LogP contribution in [0.15, 0.2) is 18.2 Å². The van der Waals surface area contributed by atoms with Crippen LogP contribution in [-0.2, 0) is 4.79 Å². The maximum absolute atomic E-state index is 13.2. The summed E-state index contributed by atoms with van der Waals surface area (Å²) in [7, 11) is 1.32. The van der Waals surface area contributed by atoms with Gasteiger partial charge in [0.15, 0.2) is 11.6 Å². The zero-order valence-corrected chi connectivity index (χ0v) is 11.3. The second-order valence-corrected chi connectivity index (χ2v) is 4.13. The Morgan fingerprint density at radius 2 is 2.15 bits per heavy atom. The molecule has 1 rings (SSSR count). The minimum Gasteiger partial charge on any atom is -0.494 e. The van der Waals surface area contributed by atoms with Crippen molar-refractivity contribution < 1.29 is 23.8 Å². The van der Waals surface area contributed by atoms with Gasteiger partial charge in [-0.1, -0.05) is 6.92 Å². The average molecular weight is 284 g/mol. The monoisotopic (exact) mass is 284 g/mol. The van der Waals surface area contributed by atoms with E-state index in [1.165, 1.54) is 25.3 Å². The smallest absolute Gasteiger partial charge is 0.319 e. The lowest BCUT2D eigenvalue weighted by Crippen LogP contribution is -2.35. The maximum Gasteiger partial charge on any atom is 0.319 e. The van der Waals surface area contributed by atoms with E-state index >= 15 is 0 Å². The molecule has 0 heterocycles. The number of hydrogen-bond acceptors (Lipinski definition) is 3. The number of carbonyl (C=O) groups is 2. The van der Waals surface area contributed by atoms with Crippen molar-refractivity contribution in [3.63, 3.8) is 0 Å². The highest BCUT2D eigenvalue weighted by Gasteiger charge is 2.16. The van der Waals surface area contributed by atoms with Crippen molar-refractivity contribution in [3.8, 4) is 5.75 Å². The molecular formula is C13H17FN2O4. The first-order valence-electron chi connectivity index (χ1n) is 6.09. The third kappa shape index (κ3) is 4.42. The molecule has 1 unspecified atom stereocenters. The average Bonchev–Trinajstić information content (AvgIpc) is 2.41. The molecule has 0 saturated heterocycles. The van der Waals surface area contributed by atoms with Crippen LogP contribution in [-0.4, -0.2) is 30.8 Å². The van der Waals surface area contributed by atoms with Crippen LogP contribution in [0, 0.1) is 11.7 Å². The molecule has 0 aliphatic carbocycles. The zero-order chi connectivity index (χ0) is 15.1. The summed E-state index contributed by atoms with van der Waals surface area (Å²) >= 11 is 0. The van der Waals surface area contributed by atoms with Gasteiger partial charge < -0.3 is 20.5 Å². The zero-order valence-electron chi connectivity index (χ0n) is 11.3. The highest BCUT2D eigenvalue weighted by atomic mass is 19.1. The number of carboxylic acid groups (broad SMARTS) is 1. The van der Waals surface area contributed by atoms with Gasteiger partial charge in [0.05, 0.1) is 13.0 Å². The number of benzene rings is 1. The quantitative estimate of drug-likeness (QED) is 0.746. The van der Waals surface area contributed by atoms with E-state index in [1.807, 2.05) is 0 Å². The molecule has 20 heavy (non-hydrogen) atoms. The van der Waals surface area contributed by atoms with E-state index < -0.39 is 23.7 Å². The van der Waals surface area contributed by atoms with Gasteiger partial charge in [-0.05, 0) is 18.6 Å². The first kappa shape index (κ1) is 15.7. The number of anilines is 1. The number of amides is 2. The Hall–Kier alpha value is -2.31. The Labute approximate surface area is 115 Å². The highest BCUT2D eigenvalue weighted by Crippen LogP contribution is 2.21. The Bertz CT molecular complexity index is 493. The van der Waals surface area contributed by atoms with Crippen LogP contribution in [0.1, 0.15) is 13.3 Å². The maximum atomic E-state index is 13.2. The highest BCUT2D eigenvalue weighted by molar-refractivity contribution is 5.89. The summed E-state index contributed by atoms with van der Waals surface area (Å²) in [6, 6.07) is 3.33. The lowest BCUT2D eigenvalue weighted by atomic mass is 10.1. The van der Waals surface area contributed by atoms with Crippen LogP contribution in [0.2, 0.25) is 0 Å². The first-order valence-corrected chi connectivity index (χ1v) is 6.09. The molecule has 3 N–H and O–H groups in total. The molecule has 0 saturated carbocycles. The number of halogens is 1. The number of urea groups is 1. The van der Waals surface area contributed by atoms with Gasteiger partial charge >= 0.3 is 12.0 Å². The molecule has 1 atom stereocenters. The van der Waals surface area contributed by atoms with Gasteiger partial charge in [-0.2, -0.15) is 0 Å². The number of carbonyl (C=O) groups excluding carboxylic acids is 1. The third-order valence-electron chi connectivity index (χ3n) is 2.76. The number of aliphatic carboxylic acids is 1. The second-order valence-electron chi connectivity index (χ2n) is 4.13. The Morgan fingerprint density at radius 3 is 2.70 bits per heavy atom. The van der Waals surface area contributed by atoms with Crippen molar-refractivity contribution in [2.75, 3.05) is 19.0 Å². The Balaban J connectivity index is 2.56. The Kier molecular flexibility index (Phi) is 5.76.